The van der Waals surface area contributed by atoms with Crippen molar-refractivity contribution in [2.45, 2.75) is 103 Å². The van der Waals surface area contributed by atoms with Gasteiger partial charge in [-0.25, -0.2) is 4.79 Å². The van der Waals surface area contributed by atoms with E-state index in [9.17, 15) is 68.4 Å². The first kappa shape index (κ1) is 49.3. The van der Waals surface area contributed by atoms with Crippen molar-refractivity contribution in [3.05, 3.63) is 35.9 Å². The van der Waals surface area contributed by atoms with E-state index in [1.807, 2.05) is 0 Å². The maximum atomic E-state index is 13.9. The molecule has 6 amide bonds. The Morgan fingerprint density at radius 1 is 0.596 bits per heavy atom. The van der Waals surface area contributed by atoms with Crippen LogP contribution in [-0.4, -0.2) is 122 Å². The number of carboxylic acid groups (broad SMARTS) is 4. The third kappa shape index (κ3) is 17.3. The largest absolute Gasteiger partial charge is 0.481 e. The van der Waals surface area contributed by atoms with Crippen molar-refractivity contribution in [2.24, 2.45) is 17.8 Å². The van der Waals surface area contributed by atoms with Crippen LogP contribution < -0.4 is 31.9 Å². The van der Waals surface area contributed by atoms with E-state index in [1.54, 1.807) is 58.0 Å². The number of carbonyl (C=O) groups is 10. The second-order valence-corrected chi connectivity index (χ2v) is 14.1. The van der Waals surface area contributed by atoms with Gasteiger partial charge in [0.05, 0.1) is 6.42 Å². The molecule has 10 N–H and O–H groups in total. The maximum Gasteiger partial charge on any atom is 0.327 e. The minimum absolute atomic E-state index is 0.0689. The van der Waals surface area contributed by atoms with Crippen molar-refractivity contribution < 1.29 is 68.4 Å². The molecule has 1 aromatic carbocycles. The van der Waals surface area contributed by atoms with E-state index < -0.39 is 120 Å². The number of benzene rings is 1. The van der Waals surface area contributed by atoms with E-state index in [-0.39, 0.29) is 24.5 Å². The zero-order valence-electron chi connectivity index (χ0n) is 32.1. The summed E-state index contributed by atoms with van der Waals surface area (Å²) in [5.74, 6) is -16.0. The molecule has 20 nitrogen and oxygen atoms in total. The number of hydrogen-bond acceptors (Lipinski definition) is 11. The molecular formula is C36H52N6O14S. The zero-order chi connectivity index (χ0) is 43.6. The molecule has 0 saturated carbocycles. The average molecular weight is 825 g/mol. The molecule has 1 aromatic rings. The Morgan fingerprint density at radius 3 is 1.53 bits per heavy atom. The second kappa shape index (κ2) is 24.0. The molecule has 0 aliphatic carbocycles. The van der Waals surface area contributed by atoms with Gasteiger partial charge in [0.2, 0.25) is 35.4 Å². The molecule has 0 aliphatic heterocycles. The topological polar surface area (TPSA) is 324 Å². The lowest BCUT2D eigenvalue weighted by molar-refractivity contribution is -0.155. The van der Waals surface area contributed by atoms with Crippen LogP contribution >= 0.6 is 12.6 Å². The molecule has 0 heterocycles. The Hall–Kier alpha value is -5.73. The lowest BCUT2D eigenvalue weighted by Gasteiger charge is -2.30. The summed E-state index contributed by atoms with van der Waals surface area (Å²) in [4.78, 5) is 126. The molecule has 0 aromatic heterocycles. The van der Waals surface area contributed by atoms with Gasteiger partial charge in [0.1, 0.15) is 36.3 Å². The van der Waals surface area contributed by atoms with Crippen LogP contribution in [0.2, 0.25) is 0 Å². The van der Waals surface area contributed by atoms with Crippen LogP contribution in [0.5, 0.6) is 0 Å². The van der Waals surface area contributed by atoms with Crippen LogP contribution in [0.25, 0.3) is 0 Å². The number of carboxylic acids is 4. The summed E-state index contributed by atoms with van der Waals surface area (Å²) in [7, 11) is 0. The predicted molar refractivity (Wildman–Crippen MR) is 203 cm³/mol. The van der Waals surface area contributed by atoms with Crippen LogP contribution in [0, 0.1) is 17.8 Å². The van der Waals surface area contributed by atoms with E-state index in [4.69, 9.17) is 0 Å². The highest BCUT2D eigenvalue weighted by Gasteiger charge is 2.38. The first-order valence-corrected chi connectivity index (χ1v) is 18.6. The van der Waals surface area contributed by atoms with Crippen molar-refractivity contribution in [2.75, 3.05) is 5.75 Å². The Morgan fingerprint density at radius 2 is 1.07 bits per heavy atom. The van der Waals surface area contributed by atoms with E-state index >= 15 is 0 Å². The van der Waals surface area contributed by atoms with Gasteiger partial charge in [-0.3, -0.25) is 43.2 Å². The van der Waals surface area contributed by atoms with E-state index in [1.165, 1.54) is 0 Å². The third-order valence-electron chi connectivity index (χ3n) is 8.62. The highest BCUT2D eigenvalue weighted by atomic mass is 32.1. The van der Waals surface area contributed by atoms with Gasteiger partial charge in [0.25, 0.3) is 0 Å². The van der Waals surface area contributed by atoms with Gasteiger partial charge in [0.15, 0.2) is 5.92 Å². The number of carbonyl (C=O) groups excluding carboxylic acids is 6. The van der Waals surface area contributed by atoms with E-state index in [0.717, 1.165) is 6.92 Å². The smallest absolute Gasteiger partial charge is 0.327 e. The van der Waals surface area contributed by atoms with E-state index in [2.05, 4.69) is 44.5 Å². The molecule has 7 atom stereocenters. The van der Waals surface area contributed by atoms with Crippen molar-refractivity contribution in [1.82, 2.24) is 31.9 Å². The molecule has 57 heavy (non-hydrogen) atoms. The zero-order valence-corrected chi connectivity index (χ0v) is 33.0. The summed E-state index contributed by atoms with van der Waals surface area (Å²) in [5, 5.41) is 51.8. The molecule has 0 spiro atoms. The molecule has 0 saturated heterocycles. The fourth-order valence-corrected chi connectivity index (χ4v) is 5.63. The minimum atomic E-state index is -2.25. The fraction of sp³-hybridized carbons (Fsp3) is 0.556. The molecule has 0 bridgehead atoms. The molecule has 0 unspecified atom stereocenters. The van der Waals surface area contributed by atoms with Gasteiger partial charge >= 0.3 is 23.9 Å². The predicted octanol–water partition coefficient (Wildman–Crippen LogP) is -1.09. The number of hydrogen-bond donors (Lipinski definition) is 11. The van der Waals surface area contributed by atoms with Crippen LogP contribution in [0.15, 0.2) is 30.3 Å². The van der Waals surface area contributed by atoms with Crippen LogP contribution in [0.1, 0.15) is 65.9 Å². The summed E-state index contributed by atoms with van der Waals surface area (Å²) >= 11 is 3.97. The van der Waals surface area contributed by atoms with Crippen molar-refractivity contribution in [1.29, 1.82) is 0 Å². The number of thiol groups is 1. The molecule has 0 radical (unpaired) electrons. The molecule has 0 aliphatic rings. The Bertz CT molecular complexity index is 1600. The first-order valence-electron chi connectivity index (χ1n) is 17.9. The lowest BCUT2D eigenvalue weighted by Crippen LogP contribution is -2.61. The van der Waals surface area contributed by atoms with Crippen molar-refractivity contribution >= 4 is 71.9 Å². The number of rotatable bonds is 25. The van der Waals surface area contributed by atoms with Gasteiger partial charge in [-0.1, -0.05) is 64.4 Å². The summed E-state index contributed by atoms with van der Waals surface area (Å²) in [5.41, 5.74) is 0.612. The minimum Gasteiger partial charge on any atom is -0.481 e. The van der Waals surface area contributed by atoms with Crippen LogP contribution in [0.3, 0.4) is 0 Å². The fourth-order valence-electron chi connectivity index (χ4n) is 5.39. The van der Waals surface area contributed by atoms with Crippen LogP contribution in [0.4, 0.5) is 0 Å². The lowest BCUT2D eigenvalue weighted by atomic mass is 9.95. The Labute approximate surface area is 334 Å². The SMILES string of the molecule is CC[C@H](C)[C@H](NC(=O)[C@H](CC(C)C)NC(=O)[C@@H](CC(C(=O)O)C(=O)O)NC(=O)[C@H](CC(=O)O)NC(C)=O)C(=O)N[C@@H](Cc1ccccc1)C(=O)N[C@@H](CS)C(=O)O. The molecular weight excluding hydrogens is 772 g/mol. The van der Waals surface area contributed by atoms with Crippen LogP contribution in [-0.2, 0) is 54.4 Å². The normalized spacial score (nSPS) is 14.7. The highest BCUT2D eigenvalue weighted by Crippen LogP contribution is 2.15. The third-order valence-corrected chi connectivity index (χ3v) is 8.98. The van der Waals surface area contributed by atoms with Gasteiger partial charge in [-0.2, -0.15) is 12.6 Å². The molecule has 0 fully saturated rings. The van der Waals surface area contributed by atoms with Gasteiger partial charge < -0.3 is 52.3 Å². The molecule has 1 rings (SSSR count). The summed E-state index contributed by atoms with van der Waals surface area (Å²) in [6, 6.07) is -0.775. The first-order chi connectivity index (χ1) is 26.6. The summed E-state index contributed by atoms with van der Waals surface area (Å²) < 4.78 is 0. The summed E-state index contributed by atoms with van der Waals surface area (Å²) in [6.45, 7) is 7.69. The van der Waals surface area contributed by atoms with E-state index in [0.29, 0.717) is 12.0 Å². The standard InChI is InChI=1S/C36H52N6O14S/c1-6-18(4)28(33(50)40-23(13-20-10-8-7-9-11-20)29(46)41-26(16-57)36(55)56)42-32(49)22(12-17(2)3)38-30(47)24(14-21(34(51)52)35(53)54)39-31(48)25(15-27(44)45)37-19(5)43/h7-11,17-18,21-26,28,57H,6,12-16H2,1-5H3,(H,37,43)(H,38,47)(H,39,48)(H,40,50)(H,41,46)(H,42,49)(H,44,45)(H,51,52)(H,53,54)(H,55,56)/t18-,22-,23-,24+,25-,26-,28-/m0/s1. The van der Waals surface area contributed by atoms with Gasteiger partial charge in [0, 0.05) is 25.5 Å². The molecule has 21 heteroatoms. The highest BCUT2D eigenvalue weighted by molar-refractivity contribution is 7.80. The number of aliphatic carboxylic acids is 4. The average Bonchev–Trinajstić information content (AvgIpc) is 3.12. The summed E-state index contributed by atoms with van der Waals surface area (Å²) in [6.07, 6.45) is -1.86. The Kier molecular flexibility index (Phi) is 20.8. The monoisotopic (exact) mass is 824 g/mol. The number of nitrogens with one attached hydrogen (secondary N) is 6. The maximum absolute atomic E-state index is 13.9. The quantitative estimate of drug-likeness (QED) is 0.0413. The van der Waals surface area contributed by atoms with Crippen molar-refractivity contribution in [3.8, 4) is 0 Å². The Balaban J connectivity index is 3.51. The van der Waals surface area contributed by atoms with Gasteiger partial charge in [-0.05, 0) is 23.8 Å². The van der Waals surface area contributed by atoms with Crippen molar-refractivity contribution in [3.63, 3.8) is 0 Å². The van der Waals surface area contributed by atoms with Gasteiger partial charge in [-0.15, -0.1) is 0 Å². The molecule has 316 valence electrons. The number of amides is 6. The second-order valence-electron chi connectivity index (χ2n) is 13.8.